The van der Waals surface area contributed by atoms with Crippen molar-refractivity contribution in [1.82, 2.24) is 4.90 Å². The predicted molar refractivity (Wildman–Crippen MR) is 111 cm³/mol. The monoisotopic (exact) mass is 380 g/mol. The molecule has 5 heteroatoms. The van der Waals surface area contributed by atoms with Crippen LogP contribution in [0.15, 0.2) is 54.6 Å². The SMILES string of the molecule is CCOC(=O)[C@H]1CCCN([C@H](C)C(=O)Nc2ccccc2-c2ccccc2)C1. The molecule has 1 aliphatic rings. The standard InChI is InChI=1S/C23H28N2O3/c1-3-28-23(27)19-12-9-15-25(16-19)17(2)22(26)24-21-14-8-7-13-20(21)18-10-5-4-6-11-18/h4-8,10-11,13-14,17,19H,3,9,12,15-16H2,1-2H3,(H,24,26)/t17-,19+/m1/s1. The van der Waals surface area contributed by atoms with E-state index in [0.717, 1.165) is 36.2 Å². The van der Waals surface area contributed by atoms with Gasteiger partial charge >= 0.3 is 5.97 Å². The van der Waals surface area contributed by atoms with Crippen molar-refractivity contribution in [3.8, 4) is 11.1 Å². The van der Waals surface area contributed by atoms with Gasteiger partial charge in [-0.1, -0.05) is 48.5 Å². The van der Waals surface area contributed by atoms with Gasteiger partial charge in [0.15, 0.2) is 0 Å². The van der Waals surface area contributed by atoms with Crippen molar-refractivity contribution in [1.29, 1.82) is 0 Å². The third-order valence-electron chi connectivity index (χ3n) is 5.27. The number of nitrogens with one attached hydrogen (secondary N) is 1. The summed E-state index contributed by atoms with van der Waals surface area (Å²) in [5.74, 6) is -0.373. The number of hydrogen-bond donors (Lipinski definition) is 1. The molecule has 0 radical (unpaired) electrons. The summed E-state index contributed by atoms with van der Waals surface area (Å²) in [5, 5.41) is 3.08. The van der Waals surface area contributed by atoms with Crippen molar-refractivity contribution in [2.75, 3.05) is 25.0 Å². The second-order valence-electron chi connectivity index (χ2n) is 7.16. The fourth-order valence-electron chi connectivity index (χ4n) is 3.68. The first-order chi connectivity index (χ1) is 13.6. The Morgan fingerprint density at radius 2 is 1.86 bits per heavy atom. The van der Waals surface area contributed by atoms with E-state index in [9.17, 15) is 9.59 Å². The summed E-state index contributed by atoms with van der Waals surface area (Å²) in [7, 11) is 0. The highest BCUT2D eigenvalue weighted by atomic mass is 16.5. The van der Waals surface area contributed by atoms with Crippen LogP contribution in [0.3, 0.4) is 0 Å². The predicted octanol–water partition coefficient (Wildman–Crippen LogP) is 3.96. The van der Waals surface area contributed by atoms with Gasteiger partial charge in [-0.15, -0.1) is 0 Å². The molecule has 1 amide bonds. The normalized spacial score (nSPS) is 18.3. The average molecular weight is 380 g/mol. The number of hydrogen-bond acceptors (Lipinski definition) is 4. The van der Waals surface area contributed by atoms with Crippen LogP contribution < -0.4 is 5.32 Å². The zero-order valence-corrected chi connectivity index (χ0v) is 16.6. The number of carbonyl (C=O) groups is 2. The van der Waals surface area contributed by atoms with Gasteiger partial charge in [-0.3, -0.25) is 14.5 Å². The van der Waals surface area contributed by atoms with Crippen LogP contribution in [0.5, 0.6) is 0 Å². The van der Waals surface area contributed by atoms with Crippen molar-refractivity contribution in [3.05, 3.63) is 54.6 Å². The second-order valence-corrected chi connectivity index (χ2v) is 7.16. The number of esters is 1. The van der Waals surface area contributed by atoms with Gasteiger partial charge in [0, 0.05) is 17.8 Å². The molecular formula is C23H28N2O3. The van der Waals surface area contributed by atoms with E-state index in [1.54, 1.807) is 0 Å². The van der Waals surface area contributed by atoms with E-state index >= 15 is 0 Å². The molecule has 148 valence electrons. The van der Waals surface area contributed by atoms with Gasteiger partial charge in [0.05, 0.1) is 18.6 Å². The molecule has 28 heavy (non-hydrogen) atoms. The highest BCUT2D eigenvalue weighted by Gasteiger charge is 2.31. The van der Waals surface area contributed by atoms with Gasteiger partial charge in [0.1, 0.15) is 0 Å². The summed E-state index contributed by atoms with van der Waals surface area (Å²) < 4.78 is 5.16. The number of anilines is 1. The van der Waals surface area contributed by atoms with E-state index in [2.05, 4.69) is 10.2 Å². The lowest BCUT2D eigenvalue weighted by Gasteiger charge is -2.35. The van der Waals surface area contributed by atoms with Crippen molar-refractivity contribution in [2.24, 2.45) is 5.92 Å². The lowest BCUT2D eigenvalue weighted by molar-refractivity contribution is -0.150. The topological polar surface area (TPSA) is 58.6 Å². The summed E-state index contributed by atoms with van der Waals surface area (Å²) in [6.45, 7) is 5.48. The molecular weight excluding hydrogens is 352 g/mol. The first-order valence-electron chi connectivity index (χ1n) is 9.96. The van der Waals surface area contributed by atoms with Crippen LogP contribution in [0, 0.1) is 5.92 Å². The van der Waals surface area contributed by atoms with Crippen molar-refractivity contribution in [3.63, 3.8) is 0 Å². The Morgan fingerprint density at radius 1 is 1.14 bits per heavy atom. The molecule has 2 atom stereocenters. The Morgan fingerprint density at radius 3 is 2.61 bits per heavy atom. The Bertz CT molecular complexity index is 807. The summed E-state index contributed by atoms with van der Waals surface area (Å²) in [6.07, 6.45) is 1.71. The minimum Gasteiger partial charge on any atom is -0.466 e. The molecule has 0 bridgehead atoms. The van der Waals surface area contributed by atoms with E-state index in [1.165, 1.54) is 0 Å². The molecule has 5 nitrogen and oxygen atoms in total. The van der Waals surface area contributed by atoms with E-state index in [1.807, 2.05) is 68.4 Å². The lowest BCUT2D eigenvalue weighted by Crippen LogP contribution is -2.48. The number of piperidine rings is 1. The van der Waals surface area contributed by atoms with Crippen LogP contribution in [0.4, 0.5) is 5.69 Å². The van der Waals surface area contributed by atoms with Crippen LogP contribution >= 0.6 is 0 Å². The molecule has 1 heterocycles. The van der Waals surface area contributed by atoms with Gasteiger partial charge in [-0.25, -0.2) is 0 Å². The number of likely N-dealkylation sites (tertiary alicyclic amines) is 1. The van der Waals surface area contributed by atoms with E-state index in [-0.39, 0.29) is 23.8 Å². The minimum atomic E-state index is -0.318. The number of para-hydroxylation sites is 1. The highest BCUT2D eigenvalue weighted by Crippen LogP contribution is 2.28. The summed E-state index contributed by atoms with van der Waals surface area (Å²) in [5.41, 5.74) is 2.85. The molecule has 2 aromatic rings. The van der Waals surface area contributed by atoms with Crippen LogP contribution in [-0.4, -0.2) is 42.5 Å². The quantitative estimate of drug-likeness (QED) is 0.771. The van der Waals surface area contributed by atoms with Crippen molar-refractivity contribution in [2.45, 2.75) is 32.7 Å². The van der Waals surface area contributed by atoms with Gasteiger partial charge in [0.2, 0.25) is 5.91 Å². The largest absolute Gasteiger partial charge is 0.466 e. The molecule has 2 aromatic carbocycles. The third kappa shape index (κ3) is 4.78. The third-order valence-corrected chi connectivity index (χ3v) is 5.27. The molecule has 0 saturated carbocycles. The van der Waals surface area contributed by atoms with Crippen LogP contribution in [0.1, 0.15) is 26.7 Å². The van der Waals surface area contributed by atoms with Gasteiger partial charge in [-0.05, 0) is 44.9 Å². The Balaban J connectivity index is 1.69. The number of benzene rings is 2. The van der Waals surface area contributed by atoms with Gasteiger partial charge in [-0.2, -0.15) is 0 Å². The number of amides is 1. The Kier molecular flexibility index (Phi) is 6.82. The van der Waals surface area contributed by atoms with Gasteiger partial charge in [0.25, 0.3) is 0 Å². The number of ether oxygens (including phenoxy) is 1. The Labute approximate surface area is 166 Å². The molecule has 0 unspecified atom stereocenters. The summed E-state index contributed by atoms with van der Waals surface area (Å²) in [6, 6.07) is 17.5. The van der Waals surface area contributed by atoms with E-state index in [0.29, 0.717) is 13.2 Å². The molecule has 1 N–H and O–H groups in total. The average Bonchev–Trinajstić information content (AvgIpc) is 2.74. The second kappa shape index (κ2) is 9.51. The zero-order valence-electron chi connectivity index (χ0n) is 16.6. The van der Waals surface area contributed by atoms with Gasteiger partial charge < -0.3 is 10.1 Å². The first kappa shape index (κ1) is 20.1. The number of carbonyl (C=O) groups excluding carboxylic acids is 2. The molecule has 1 saturated heterocycles. The summed E-state index contributed by atoms with van der Waals surface area (Å²) in [4.78, 5) is 27.1. The van der Waals surface area contributed by atoms with Crippen LogP contribution in [0.25, 0.3) is 11.1 Å². The molecule has 1 fully saturated rings. The maximum atomic E-state index is 12.9. The lowest BCUT2D eigenvalue weighted by atomic mass is 9.96. The molecule has 0 aliphatic carbocycles. The minimum absolute atomic E-state index is 0.0621. The Hall–Kier alpha value is -2.66. The highest BCUT2D eigenvalue weighted by molar-refractivity contribution is 5.98. The molecule has 0 aromatic heterocycles. The maximum Gasteiger partial charge on any atom is 0.310 e. The first-order valence-corrected chi connectivity index (χ1v) is 9.96. The maximum absolute atomic E-state index is 12.9. The van der Waals surface area contributed by atoms with Crippen LogP contribution in [-0.2, 0) is 14.3 Å². The summed E-state index contributed by atoms with van der Waals surface area (Å²) >= 11 is 0. The molecule has 3 rings (SSSR count). The van der Waals surface area contributed by atoms with E-state index < -0.39 is 0 Å². The number of nitrogens with zero attached hydrogens (tertiary/aromatic N) is 1. The number of rotatable bonds is 6. The fraction of sp³-hybridized carbons (Fsp3) is 0.391. The van der Waals surface area contributed by atoms with Crippen LogP contribution in [0.2, 0.25) is 0 Å². The molecule has 0 spiro atoms. The van der Waals surface area contributed by atoms with E-state index in [4.69, 9.17) is 4.74 Å². The smallest absolute Gasteiger partial charge is 0.310 e. The van der Waals surface area contributed by atoms with Crippen molar-refractivity contribution < 1.29 is 14.3 Å². The molecule has 1 aliphatic heterocycles. The zero-order chi connectivity index (χ0) is 19.9. The fourth-order valence-corrected chi connectivity index (χ4v) is 3.68. The van der Waals surface area contributed by atoms with Crippen molar-refractivity contribution >= 4 is 17.6 Å².